The van der Waals surface area contributed by atoms with Gasteiger partial charge in [-0.15, -0.1) is 0 Å². The van der Waals surface area contributed by atoms with Gasteiger partial charge in [-0.2, -0.15) is 0 Å². The molecule has 1 aliphatic rings. The predicted octanol–water partition coefficient (Wildman–Crippen LogP) is 1.88. The number of carbonyl (C=O) groups is 2. The van der Waals surface area contributed by atoms with Crippen LogP contribution in [0.1, 0.15) is 16.8 Å². The highest BCUT2D eigenvalue weighted by molar-refractivity contribution is 6.31. The smallest absolute Gasteiger partial charge is 0.308 e. The second kappa shape index (κ2) is 6.87. The Morgan fingerprint density at radius 2 is 2.29 bits per heavy atom. The van der Waals surface area contributed by atoms with Crippen molar-refractivity contribution in [2.75, 3.05) is 26.8 Å². The van der Waals surface area contributed by atoms with Crippen molar-refractivity contribution in [1.29, 1.82) is 0 Å². The fourth-order valence-corrected chi connectivity index (χ4v) is 2.31. The molecule has 0 spiro atoms. The summed E-state index contributed by atoms with van der Waals surface area (Å²) in [5, 5.41) is -0.0970. The number of halogens is 2. The van der Waals surface area contributed by atoms with Gasteiger partial charge < -0.3 is 14.4 Å². The third kappa shape index (κ3) is 3.71. The van der Waals surface area contributed by atoms with Gasteiger partial charge in [-0.1, -0.05) is 17.7 Å². The van der Waals surface area contributed by atoms with E-state index < -0.39 is 23.8 Å². The van der Waals surface area contributed by atoms with Gasteiger partial charge in [-0.25, -0.2) is 4.39 Å². The third-order valence-corrected chi connectivity index (χ3v) is 3.52. The zero-order valence-corrected chi connectivity index (χ0v) is 12.2. The van der Waals surface area contributed by atoms with E-state index in [2.05, 4.69) is 4.74 Å². The number of methoxy groups -OCH3 is 1. The maximum Gasteiger partial charge on any atom is 0.308 e. The van der Waals surface area contributed by atoms with Gasteiger partial charge in [0.25, 0.3) is 5.91 Å². The monoisotopic (exact) mass is 315 g/mol. The molecule has 1 atom stereocenters. The maximum absolute atomic E-state index is 13.9. The van der Waals surface area contributed by atoms with Gasteiger partial charge in [0, 0.05) is 13.1 Å². The number of morpholine rings is 1. The number of amides is 1. The summed E-state index contributed by atoms with van der Waals surface area (Å²) in [6, 6.07) is 4.28. The maximum atomic E-state index is 13.9. The first kappa shape index (κ1) is 15.7. The van der Waals surface area contributed by atoms with E-state index in [0.717, 1.165) is 0 Å². The lowest BCUT2D eigenvalue weighted by molar-refractivity contribution is -0.145. The molecule has 21 heavy (non-hydrogen) atoms. The SMILES string of the molecule is COC(=O)CC1CN(C(=O)c2cccc(Cl)c2F)CCO1. The summed E-state index contributed by atoms with van der Waals surface area (Å²) in [6.45, 7) is 0.831. The minimum atomic E-state index is -0.736. The van der Waals surface area contributed by atoms with Crippen LogP contribution in [0.2, 0.25) is 5.02 Å². The van der Waals surface area contributed by atoms with E-state index in [1.807, 2.05) is 0 Å². The molecule has 0 N–H and O–H groups in total. The first-order valence-corrected chi connectivity index (χ1v) is 6.82. The molecule has 1 unspecified atom stereocenters. The van der Waals surface area contributed by atoms with Crippen molar-refractivity contribution >= 4 is 23.5 Å². The molecule has 0 bridgehead atoms. The largest absolute Gasteiger partial charge is 0.469 e. The molecule has 7 heteroatoms. The molecule has 2 rings (SSSR count). The zero-order valence-electron chi connectivity index (χ0n) is 11.5. The Morgan fingerprint density at radius 1 is 1.52 bits per heavy atom. The van der Waals surface area contributed by atoms with E-state index >= 15 is 0 Å². The van der Waals surface area contributed by atoms with Gasteiger partial charge >= 0.3 is 5.97 Å². The van der Waals surface area contributed by atoms with Crippen molar-refractivity contribution in [3.63, 3.8) is 0 Å². The molecule has 1 fully saturated rings. The van der Waals surface area contributed by atoms with Crippen LogP contribution in [0.4, 0.5) is 4.39 Å². The van der Waals surface area contributed by atoms with Crippen LogP contribution in [0.3, 0.4) is 0 Å². The summed E-state index contributed by atoms with van der Waals surface area (Å²) < 4.78 is 23.9. The molecule has 0 saturated carbocycles. The number of ether oxygens (including phenoxy) is 2. The Balaban J connectivity index is 2.08. The molecule has 0 aliphatic carbocycles. The highest BCUT2D eigenvalue weighted by Crippen LogP contribution is 2.20. The van der Waals surface area contributed by atoms with Gasteiger partial charge in [0.2, 0.25) is 0 Å². The molecule has 1 amide bonds. The van der Waals surface area contributed by atoms with Gasteiger partial charge in [-0.3, -0.25) is 9.59 Å². The van der Waals surface area contributed by atoms with Crippen LogP contribution in [0.25, 0.3) is 0 Å². The summed E-state index contributed by atoms with van der Waals surface area (Å²) >= 11 is 5.68. The fraction of sp³-hybridized carbons (Fsp3) is 0.429. The summed E-state index contributed by atoms with van der Waals surface area (Å²) in [6.07, 6.45) is -0.393. The van der Waals surface area contributed by atoms with E-state index in [-0.39, 0.29) is 30.2 Å². The number of benzene rings is 1. The second-order valence-electron chi connectivity index (χ2n) is 4.63. The van der Waals surface area contributed by atoms with Gasteiger partial charge in [0.05, 0.1) is 36.8 Å². The molecule has 1 saturated heterocycles. The molecule has 114 valence electrons. The van der Waals surface area contributed by atoms with Crippen LogP contribution in [-0.2, 0) is 14.3 Å². The number of hydrogen-bond donors (Lipinski definition) is 0. The standard InChI is InChI=1S/C14H15ClFNO4/c1-20-12(18)7-9-8-17(5-6-21-9)14(19)10-3-2-4-11(15)13(10)16/h2-4,9H,5-8H2,1H3. The third-order valence-electron chi connectivity index (χ3n) is 3.23. The van der Waals surface area contributed by atoms with Crippen LogP contribution in [0.15, 0.2) is 18.2 Å². The minimum absolute atomic E-state index is 0.0539. The summed E-state index contributed by atoms with van der Waals surface area (Å²) in [5.41, 5.74) is -0.0822. The van der Waals surface area contributed by atoms with Crippen molar-refractivity contribution in [3.8, 4) is 0 Å². The lowest BCUT2D eigenvalue weighted by atomic mass is 10.1. The molecular formula is C14H15ClFNO4. The molecule has 1 aliphatic heterocycles. The summed E-state index contributed by atoms with van der Waals surface area (Å²) in [7, 11) is 1.29. The summed E-state index contributed by atoms with van der Waals surface area (Å²) in [5.74, 6) is -1.61. The molecule has 1 heterocycles. The summed E-state index contributed by atoms with van der Waals surface area (Å²) in [4.78, 5) is 25.0. The Morgan fingerprint density at radius 3 is 3.00 bits per heavy atom. The first-order valence-electron chi connectivity index (χ1n) is 6.44. The normalized spacial score (nSPS) is 18.4. The average Bonchev–Trinajstić information content (AvgIpc) is 2.49. The minimum Gasteiger partial charge on any atom is -0.469 e. The van der Waals surface area contributed by atoms with E-state index in [1.54, 1.807) is 0 Å². The molecule has 1 aromatic carbocycles. The number of carbonyl (C=O) groups excluding carboxylic acids is 2. The van der Waals surface area contributed by atoms with Crippen molar-refractivity contribution < 1.29 is 23.5 Å². The average molecular weight is 316 g/mol. The van der Waals surface area contributed by atoms with Gasteiger partial charge in [0.15, 0.2) is 5.82 Å². The molecule has 1 aromatic rings. The molecule has 0 radical (unpaired) electrons. The Labute approximate surface area is 126 Å². The van der Waals surface area contributed by atoms with E-state index in [0.29, 0.717) is 6.54 Å². The Bertz CT molecular complexity index is 552. The van der Waals surface area contributed by atoms with Crippen LogP contribution in [-0.4, -0.2) is 49.7 Å². The van der Waals surface area contributed by atoms with E-state index in [1.165, 1.54) is 30.2 Å². The van der Waals surface area contributed by atoms with Crippen molar-refractivity contribution in [1.82, 2.24) is 4.90 Å². The van der Waals surface area contributed by atoms with Gasteiger partial charge in [0.1, 0.15) is 0 Å². The van der Waals surface area contributed by atoms with Crippen molar-refractivity contribution in [3.05, 3.63) is 34.6 Å². The van der Waals surface area contributed by atoms with Crippen molar-refractivity contribution in [2.24, 2.45) is 0 Å². The zero-order chi connectivity index (χ0) is 15.4. The van der Waals surface area contributed by atoms with E-state index in [9.17, 15) is 14.0 Å². The number of hydrogen-bond acceptors (Lipinski definition) is 4. The first-order chi connectivity index (χ1) is 10.0. The Hall–Kier alpha value is -1.66. The molecule has 5 nitrogen and oxygen atoms in total. The lowest BCUT2D eigenvalue weighted by Gasteiger charge is -2.32. The van der Waals surface area contributed by atoms with Crippen LogP contribution < -0.4 is 0 Å². The number of rotatable bonds is 3. The lowest BCUT2D eigenvalue weighted by Crippen LogP contribution is -2.46. The number of esters is 1. The van der Waals surface area contributed by atoms with Crippen LogP contribution in [0, 0.1) is 5.82 Å². The van der Waals surface area contributed by atoms with E-state index in [4.69, 9.17) is 16.3 Å². The van der Waals surface area contributed by atoms with Crippen molar-refractivity contribution in [2.45, 2.75) is 12.5 Å². The Kier molecular flexibility index (Phi) is 5.14. The number of nitrogens with zero attached hydrogens (tertiary/aromatic N) is 1. The molecular weight excluding hydrogens is 301 g/mol. The predicted molar refractivity (Wildman–Crippen MR) is 73.7 cm³/mol. The highest BCUT2D eigenvalue weighted by atomic mass is 35.5. The topological polar surface area (TPSA) is 55.8 Å². The quantitative estimate of drug-likeness (QED) is 0.799. The fourth-order valence-electron chi connectivity index (χ4n) is 2.14. The second-order valence-corrected chi connectivity index (χ2v) is 5.03. The van der Waals surface area contributed by atoms with Gasteiger partial charge in [-0.05, 0) is 12.1 Å². The van der Waals surface area contributed by atoms with Crippen LogP contribution >= 0.6 is 11.6 Å². The van der Waals surface area contributed by atoms with Crippen LogP contribution in [0.5, 0.6) is 0 Å². The highest BCUT2D eigenvalue weighted by Gasteiger charge is 2.28. The molecule has 0 aromatic heterocycles.